The summed E-state index contributed by atoms with van der Waals surface area (Å²) in [5.74, 6) is -1.03. The Bertz CT molecular complexity index is 1090. The molecule has 0 aliphatic heterocycles. The molecule has 0 saturated carbocycles. The van der Waals surface area contributed by atoms with E-state index in [1.54, 1.807) is 18.3 Å². The Labute approximate surface area is 154 Å². The van der Waals surface area contributed by atoms with Crippen molar-refractivity contribution in [2.24, 2.45) is 0 Å². The quantitative estimate of drug-likeness (QED) is 0.512. The topological polar surface area (TPSA) is 69.9 Å². The van der Waals surface area contributed by atoms with Crippen molar-refractivity contribution in [3.05, 3.63) is 81.7 Å². The lowest BCUT2D eigenvalue weighted by atomic mass is 10.2. The third-order valence-electron chi connectivity index (χ3n) is 3.89. The molecule has 0 saturated heterocycles. The van der Waals surface area contributed by atoms with Crippen molar-refractivity contribution in [1.29, 1.82) is 0 Å². The first-order valence-electron chi connectivity index (χ1n) is 8.14. The number of aromatic nitrogens is 2. The number of ether oxygens (including phenoxy) is 2. The summed E-state index contributed by atoms with van der Waals surface area (Å²) in [5.41, 5.74) is 1.94. The molecule has 6 nitrogen and oxygen atoms in total. The summed E-state index contributed by atoms with van der Waals surface area (Å²) in [7, 11) is 1.37. The summed E-state index contributed by atoms with van der Waals surface area (Å²) >= 11 is 0. The van der Waals surface area contributed by atoms with Gasteiger partial charge in [0.1, 0.15) is 12.3 Å². The van der Waals surface area contributed by atoms with Crippen molar-refractivity contribution >= 4 is 17.7 Å². The van der Waals surface area contributed by atoms with E-state index in [0.717, 1.165) is 5.56 Å². The number of fused-ring (bicyclic) bond motifs is 1. The lowest BCUT2D eigenvalue weighted by molar-refractivity contribution is -0.139. The summed E-state index contributed by atoms with van der Waals surface area (Å²) in [4.78, 5) is 28.3. The van der Waals surface area contributed by atoms with Crippen LogP contribution < -0.4 is 10.3 Å². The minimum Gasteiger partial charge on any atom is -0.494 e. The first kappa shape index (κ1) is 18.3. The van der Waals surface area contributed by atoms with Gasteiger partial charge < -0.3 is 9.47 Å². The van der Waals surface area contributed by atoms with Crippen molar-refractivity contribution in [2.45, 2.75) is 13.5 Å². The molecule has 0 radical (unpaired) electrons. The van der Waals surface area contributed by atoms with Crippen molar-refractivity contribution in [3.8, 4) is 5.75 Å². The van der Waals surface area contributed by atoms with E-state index in [1.807, 2.05) is 13.0 Å². The molecule has 3 rings (SSSR count). The predicted octanol–water partition coefficient (Wildman–Crippen LogP) is 2.91. The van der Waals surface area contributed by atoms with E-state index in [2.05, 4.69) is 4.98 Å². The largest absolute Gasteiger partial charge is 0.494 e. The highest BCUT2D eigenvalue weighted by molar-refractivity contribution is 5.87. The summed E-state index contributed by atoms with van der Waals surface area (Å²) in [5, 5.41) is 0. The molecule has 0 N–H and O–H groups in total. The third kappa shape index (κ3) is 4.20. The van der Waals surface area contributed by atoms with E-state index in [9.17, 15) is 14.0 Å². The van der Waals surface area contributed by atoms with Gasteiger partial charge in [0.05, 0.1) is 12.8 Å². The maximum absolute atomic E-state index is 13.6. The van der Waals surface area contributed by atoms with Gasteiger partial charge in [-0.15, -0.1) is 0 Å². The van der Waals surface area contributed by atoms with Crippen molar-refractivity contribution < 1.29 is 18.7 Å². The number of hydrogen-bond acceptors (Lipinski definition) is 5. The number of esters is 1. The molecular formula is C20H17FN2O4. The second-order valence-corrected chi connectivity index (χ2v) is 5.81. The number of hydrogen-bond donors (Lipinski definition) is 0. The first-order valence-corrected chi connectivity index (χ1v) is 8.14. The van der Waals surface area contributed by atoms with E-state index in [-0.39, 0.29) is 17.9 Å². The van der Waals surface area contributed by atoms with E-state index < -0.39 is 11.8 Å². The zero-order valence-corrected chi connectivity index (χ0v) is 14.8. The van der Waals surface area contributed by atoms with Crippen molar-refractivity contribution in [3.63, 3.8) is 0 Å². The lowest BCUT2D eigenvalue weighted by Crippen LogP contribution is -2.17. The molecule has 0 atom stereocenters. The highest BCUT2D eigenvalue weighted by Crippen LogP contribution is 2.18. The summed E-state index contributed by atoms with van der Waals surface area (Å²) < 4.78 is 25.0. The van der Waals surface area contributed by atoms with Gasteiger partial charge in [-0.2, -0.15) is 0 Å². The van der Waals surface area contributed by atoms with Gasteiger partial charge in [0.15, 0.2) is 11.6 Å². The number of halogens is 1. The minimum atomic E-state index is -0.627. The van der Waals surface area contributed by atoms with Crippen LogP contribution in [0.1, 0.15) is 16.8 Å². The molecule has 1 aromatic carbocycles. The van der Waals surface area contributed by atoms with E-state index >= 15 is 0 Å². The molecule has 0 amide bonds. The molecule has 0 aliphatic rings. The molecule has 138 valence electrons. The normalized spacial score (nSPS) is 11.1. The monoisotopic (exact) mass is 368 g/mol. The fourth-order valence-electron chi connectivity index (χ4n) is 2.53. The van der Waals surface area contributed by atoms with Crippen LogP contribution in [-0.4, -0.2) is 22.5 Å². The van der Waals surface area contributed by atoms with Crippen LogP contribution in [0.2, 0.25) is 0 Å². The smallest absolute Gasteiger partial charge is 0.331 e. The molecule has 3 aromatic rings. The number of methoxy groups -OCH3 is 1. The third-order valence-corrected chi connectivity index (χ3v) is 3.89. The SMILES string of the molecule is COc1ccc(/C=C/C(=O)OCc2cc(=O)n3cccc(C)c3n2)cc1F. The van der Waals surface area contributed by atoms with Crippen LogP contribution in [0, 0.1) is 12.7 Å². The molecule has 0 unspecified atom stereocenters. The van der Waals surface area contributed by atoms with Crippen LogP contribution in [0.15, 0.2) is 53.5 Å². The number of nitrogens with zero attached hydrogens (tertiary/aromatic N) is 2. The summed E-state index contributed by atoms with van der Waals surface area (Å²) in [6.07, 6.45) is 4.24. The van der Waals surface area contributed by atoms with Crippen LogP contribution in [0.25, 0.3) is 11.7 Å². The molecule has 27 heavy (non-hydrogen) atoms. The molecule has 0 fully saturated rings. The minimum absolute atomic E-state index is 0.124. The van der Waals surface area contributed by atoms with Crippen molar-refractivity contribution in [2.75, 3.05) is 7.11 Å². The van der Waals surface area contributed by atoms with Gasteiger partial charge >= 0.3 is 5.97 Å². The van der Waals surface area contributed by atoms with E-state index in [0.29, 0.717) is 16.9 Å². The molecule has 2 aromatic heterocycles. The molecule has 2 heterocycles. The highest BCUT2D eigenvalue weighted by Gasteiger charge is 2.07. The fourth-order valence-corrected chi connectivity index (χ4v) is 2.53. The molecule has 0 bridgehead atoms. The van der Waals surface area contributed by atoms with Crippen molar-refractivity contribution in [1.82, 2.24) is 9.38 Å². The van der Waals surface area contributed by atoms with Crippen LogP contribution in [0.3, 0.4) is 0 Å². The van der Waals surface area contributed by atoms with Gasteiger partial charge in [0.25, 0.3) is 5.56 Å². The summed E-state index contributed by atoms with van der Waals surface area (Å²) in [6, 6.07) is 9.25. The fraction of sp³-hybridized carbons (Fsp3) is 0.150. The number of benzene rings is 1. The number of pyridine rings is 1. The molecule has 7 heteroatoms. The zero-order valence-electron chi connectivity index (χ0n) is 14.8. The van der Waals surface area contributed by atoms with Gasteiger partial charge in [-0.25, -0.2) is 14.2 Å². The lowest BCUT2D eigenvalue weighted by Gasteiger charge is -2.06. The average Bonchev–Trinajstić information content (AvgIpc) is 2.65. The Balaban J connectivity index is 1.69. The molecule has 0 aliphatic carbocycles. The molecular weight excluding hydrogens is 351 g/mol. The number of rotatable bonds is 5. The standard InChI is InChI=1S/C20H17FN2O4/c1-13-4-3-9-23-18(24)11-15(22-20(13)23)12-27-19(25)8-6-14-5-7-17(26-2)16(21)10-14/h3-11H,12H2,1-2H3/b8-6+. The maximum atomic E-state index is 13.6. The second-order valence-electron chi connectivity index (χ2n) is 5.81. The Kier molecular flexibility index (Phi) is 5.30. The Morgan fingerprint density at radius 1 is 1.30 bits per heavy atom. The van der Waals surface area contributed by atoms with Gasteiger partial charge in [0.2, 0.25) is 0 Å². The van der Waals surface area contributed by atoms with Crippen LogP contribution in [-0.2, 0) is 16.1 Å². The zero-order chi connectivity index (χ0) is 19.4. The number of aryl methyl sites for hydroxylation is 1. The Morgan fingerprint density at radius 2 is 2.11 bits per heavy atom. The van der Waals surface area contributed by atoms with Gasteiger partial charge in [-0.3, -0.25) is 9.20 Å². The second kappa shape index (κ2) is 7.82. The van der Waals surface area contributed by atoms with Crippen LogP contribution in [0.5, 0.6) is 5.75 Å². The van der Waals surface area contributed by atoms with Gasteiger partial charge in [-0.05, 0) is 42.3 Å². The number of carbonyl (C=O) groups excluding carboxylic acids is 1. The maximum Gasteiger partial charge on any atom is 0.331 e. The Hall–Kier alpha value is -3.48. The molecule has 0 spiro atoms. The van der Waals surface area contributed by atoms with E-state index in [4.69, 9.17) is 9.47 Å². The highest BCUT2D eigenvalue weighted by atomic mass is 19.1. The average molecular weight is 368 g/mol. The number of carbonyl (C=O) groups is 1. The Morgan fingerprint density at radius 3 is 2.85 bits per heavy atom. The van der Waals surface area contributed by atoms with Crippen LogP contribution >= 0.6 is 0 Å². The van der Waals surface area contributed by atoms with E-state index in [1.165, 1.54) is 41.9 Å². The van der Waals surface area contributed by atoms with Gasteiger partial charge in [0, 0.05) is 18.3 Å². The first-order chi connectivity index (χ1) is 13.0. The predicted molar refractivity (Wildman–Crippen MR) is 98.0 cm³/mol. The van der Waals surface area contributed by atoms with Crippen LogP contribution in [0.4, 0.5) is 4.39 Å². The summed E-state index contributed by atoms with van der Waals surface area (Å²) in [6.45, 7) is 1.70. The van der Waals surface area contributed by atoms with Gasteiger partial charge in [-0.1, -0.05) is 12.1 Å².